The molecule has 4 heteroatoms. The summed E-state index contributed by atoms with van der Waals surface area (Å²) in [4.78, 5) is 14.9. The van der Waals surface area contributed by atoms with E-state index in [-0.39, 0.29) is 5.78 Å². The highest BCUT2D eigenvalue weighted by Crippen LogP contribution is 2.33. The predicted octanol–water partition coefficient (Wildman–Crippen LogP) is 5.74. The maximum absolute atomic E-state index is 13.7. The molecule has 3 heterocycles. The molecule has 0 amide bonds. The van der Waals surface area contributed by atoms with E-state index in [2.05, 4.69) is 47.4 Å². The second-order valence-electron chi connectivity index (χ2n) is 7.38. The summed E-state index contributed by atoms with van der Waals surface area (Å²) in [5.41, 5.74) is 5.80. The van der Waals surface area contributed by atoms with Gasteiger partial charge >= 0.3 is 0 Å². The van der Waals surface area contributed by atoms with Crippen LogP contribution in [0.15, 0.2) is 17.5 Å². The van der Waals surface area contributed by atoms with Crippen molar-refractivity contribution in [1.82, 2.24) is 9.13 Å². The van der Waals surface area contributed by atoms with Crippen molar-refractivity contribution in [1.29, 1.82) is 0 Å². The van der Waals surface area contributed by atoms with Crippen LogP contribution in [-0.4, -0.2) is 14.9 Å². The van der Waals surface area contributed by atoms with Gasteiger partial charge in [-0.2, -0.15) is 0 Å². The van der Waals surface area contributed by atoms with Crippen LogP contribution in [-0.2, 0) is 25.9 Å². The molecule has 3 nitrogen and oxygen atoms in total. The quantitative estimate of drug-likeness (QED) is 0.416. The van der Waals surface area contributed by atoms with E-state index < -0.39 is 0 Å². The number of fused-ring (bicyclic) bond motifs is 2. The monoisotopic (exact) mass is 368 g/mol. The minimum absolute atomic E-state index is 0.223. The third-order valence-electron chi connectivity index (χ3n) is 5.81. The summed E-state index contributed by atoms with van der Waals surface area (Å²) in [6.45, 7) is 8.36. The molecule has 0 N–H and O–H groups in total. The van der Waals surface area contributed by atoms with Gasteiger partial charge in [-0.1, -0.05) is 13.3 Å². The standard InChI is InChI=1S/C22H28N2OS/c1-4-12-24-15(3)20(17-9-7-6-8-10-18(17)24)21(25)19-14-16-11-13-26-22(16)23(19)5-2/h11,13-14H,4-10,12H2,1-3H3. The summed E-state index contributed by atoms with van der Waals surface area (Å²) in [6.07, 6.45) is 7.00. The number of carbonyl (C=O) groups excluding carboxylic acids is 1. The number of aryl methyl sites for hydroxylation is 1. The van der Waals surface area contributed by atoms with Crippen LogP contribution in [0.25, 0.3) is 10.2 Å². The number of ketones is 1. The van der Waals surface area contributed by atoms with E-state index in [4.69, 9.17) is 0 Å². The Hall–Kier alpha value is -1.81. The van der Waals surface area contributed by atoms with Crippen LogP contribution >= 0.6 is 11.3 Å². The summed E-state index contributed by atoms with van der Waals surface area (Å²) >= 11 is 1.73. The van der Waals surface area contributed by atoms with E-state index in [1.807, 2.05) is 0 Å². The van der Waals surface area contributed by atoms with Crippen molar-refractivity contribution in [3.63, 3.8) is 0 Å². The van der Waals surface area contributed by atoms with Crippen molar-refractivity contribution < 1.29 is 4.79 Å². The lowest BCUT2D eigenvalue weighted by Crippen LogP contribution is -2.12. The smallest absolute Gasteiger partial charge is 0.211 e. The molecule has 1 aliphatic carbocycles. The lowest BCUT2D eigenvalue weighted by Gasteiger charge is -2.10. The van der Waals surface area contributed by atoms with Crippen LogP contribution in [0.2, 0.25) is 0 Å². The molecular formula is C22H28N2OS. The largest absolute Gasteiger partial charge is 0.348 e. The molecule has 0 aliphatic heterocycles. The number of thiophene rings is 1. The summed E-state index contributed by atoms with van der Waals surface area (Å²) in [5.74, 6) is 0.223. The SMILES string of the molecule is CCCn1c(C)c(C(=O)c2cc3ccsc3n2CC)c2c1CCCCC2. The van der Waals surface area contributed by atoms with E-state index >= 15 is 0 Å². The van der Waals surface area contributed by atoms with Crippen LogP contribution in [0.1, 0.15) is 72.5 Å². The van der Waals surface area contributed by atoms with Gasteiger partial charge in [0.15, 0.2) is 0 Å². The molecule has 26 heavy (non-hydrogen) atoms. The Morgan fingerprint density at radius 1 is 1.15 bits per heavy atom. The Labute approximate surface area is 159 Å². The fraction of sp³-hybridized carbons (Fsp3) is 0.500. The molecule has 138 valence electrons. The Balaban J connectivity index is 1.88. The minimum Gasteiger partial charge on any atom is -0.348 e. The summed E-state index contributed by atoms with van der Waals surface area (Å²) < 4.78 is 4.64. The molecule has 0 atom stereocenters. The van der Waals surface area contributed by atoms with Gasteiger partial charge in [-0.3, -0.25) is 4.79 Å². The van der Waals surface area contributed by atoms with Crippen LogP contribution in [0.5, 0.6) is 0 Å². The van der Waals surface area contributed by atoms with Gasteiger partial charge in [0.2, 0.25) is 5.78 Å². The molecule has 4 rings (SSSR count). The average Bonchev–Trinajstić information content (AvgIpc) is 3.22. The number of rotatable bonds is 5. The van der Waals surface area contributed by atoms with E-state index in [1.165, 1.54) is 46.4 Å². The number of carbonyl (C=O) groups is 1. The highest BCUT2D eigenvalue weighted by Gasteiger charge is 2.28. The van der Waals surface area contributed by atoms with Crippen molar-refractivity contribution in [3.8, 4) is 0 Å². The first-order valence-corrected chi connectivity index (χ1v) is 10.9. The molecule has 0 saturated heterocycles. The van der Waals surface area contributed by atoms with E-state index in [0.717, 1.165) is 43.6 Å². The first-order valence-electron chi connectivity index (χ1n) is 9.99. The molecule has 0 bridgehead atoms. The first-order chi connectivity index (χ1) is 12.7. The minimum atomic E-state index is 0.223. The number of hydrogen-bond donors (Lipinski definition) is 0. The predicted molar refractivity (Wildman–Crippen MR) is 110 cm³/mol. The lowest BCUT2D eigenvalue weighted by atomic mass is 9.99. The molecule has 0 spiro atoms. The Morgan fingerprint density at radius 2 is 1.96 bits per heavy atom. The zero-order chi connectivity index (χ0) is 18.3. The number of hydrogen-bond acceptors (Lipinski definition) is 2. The summed E-state index contributed by atoms with van der Waals surface area (Å²) in [6, 6.07) is 4.22. The second kappa shape index (κ2) is 7.07. The van der Waals surface area contributed by atoms with Crippen molar-refractivity contribution in [2.45, 2.75) is 72.4 Å². The molecular weight excluding hydrogens is 340 g/mol. The highest BCUT2D eigenvalue weighted by molar-refractivity contribution is 7.16. The van der Waals surface area contributed by atoms with Crippen LogP contribution in [0.4, 0.5) is 0 Å². The third-order valence-corrected chi connectivity index (χ3v) is 6.76. The van der Waals surface area contributed by atoms with Gasteiger partial charge in [0, 0.05) is 35.4 Å². The maximum atomic E-state index is 13.7. The van der Waals surface area contributed by atoms with Crippen molar-refractivity contribution >= 4 is 27.3 Å². The number of aromatic nitrogens is 2. The van der Waals surface area contributed by atoms with Crippen molar-refractivity contribution in [2.24, 2.45) is 0 Å². The second-order valence-corrected chi connectivity index (χ2v) is 8.28. The van der Waals surface area contributed by atoms with Crippen molar-refractivity contribution in [2.75, 3.05) is 0 Å². The zero-order valence-electron chi connectivity index (χ0n) is 16.1. The molecule has 0 radical (unpaired) electrons. The molecule has 0 fully saturated rings. The third kappa shape index (κ3) is 2.66. The maximum Gasteiger partial charge on any atom is 0.211 e. The highest BCUT2D eigenvalue weighted by atomic mass is 32.1. The lowest BCUT2D eigenvalue weighted by molar-refractivity contribution is 0.102. The van der Waals surface area contributed by atoms with Gasteiger partial charge in [0.05, 0.1) is 5.69 Å². The van der Waals surface area contributed by atoms with E-state index in [0.29, 0.717) is 0 Å². The van der Waals surface area contributed by atoms with Crippen LogP contribution in [0, 0.1) is 6.92 Å². The van der Waals surface area contributed by atoms with E-state index in [1.54, 1.807) is 11.3 Å². The van der Waals surface area contributed by atoms with Gasteiger partial charge in [0.25, 0.3) is 0 Å². The Kier molecular flexibility index (Phi) is 4.78. The van der Waals surface area contributed by atoms with Gasteiger partial charge in [0.1, 0.15) is 4.83 Å². The molecule has 0 saturated carbocycles. The normalized spacial score (nSPS) is 14.6. The molecule has 0 aromatic carbocycles. The summed E-state index contributed by atoms with van der Waals surface area (Å²) in [5, 5.41) is 3.30. The fourth-order valence-electron chi connectivity index (χ4n) is 4.62. The van der Waals surface area contributed by atoms with Crippen molar-refractivity contribution in [3.05, 3.63) is 45.7 Å². The topological polar surface area (TPSA) is 26.9 Å². The van der Waals surface area contributed by atoms with Gasteiger partial charge < -0.3 is 9.13 Å². The zero-order valence-corrected chi connectivity index (χ0v) is 16.9. The van der Waals surface area contributed by atoms with Crippen LogP contribution < -0.4 is 0 Å². The van der Waals surface area contributed by atoms with Gasteiger partial charge in [-0.15, -0.1) is 11.3 Å². The Morgan fingerprint density at radius 3 is 2.73 bits per heavy atom. The molecule has 3 aromatic heterocycles. The fourth-order valence-corrected chi connectivity index (χ4v) is 5.58. The van der Waals surface area contributed by atoms with Gasteiger partial charge in [-0.25, -0.2) is 0 Å². The molecule has 1 aliphatic rings. The Bertz CT molecular complexity index is 957. The number of nitrogens with zero attached hydrogens (tertiary/aromatic N) is 2. The van der Waals surface area contributed by atoms with Gasteiger partial charge in [-0.05, 0) is 69.0 Å². The first kappa shape index (κ1) is 17.6. The summed E-state index contributed by atoms with van der Waals surface area (Å²) in [7, 11) is 0. The van der Waals surface area contributed by atoms with Crippen LogP contribution in [0.3, 0.4) is 0 Å². The van der Waals surface area contributed by atoms with E-state index in [9.17, 15) is 4.79 Å². The average molecular weight is 369 g/mol. The molecule has 0 unspecified atom stereocenters. The molecule has 3 aromatic rings.